The van der Waals surface area contributed by atoms with E-state index in [0.29, 0.717) is 25.7 Å². The second kappa shape index (κ2) is 8.27. The van der Waals surface area contributed by atoms with Gasteiger partial charge in [-0.2, -0.15) is 0 Å². The highest BCUT2D eigenvalue weighted by Crippen LogP contribution is 2.23. The van der Waals surface area contributed by atoms with Gasteiger partial charge in [0.2, 0.25) is 0 Å². The quantitative estimate of drug-likeness (QED) is 0.574. The van der Waals surface area contributed by atoms with E-state index in [1.54, 1.807) is 0 Å². The summed E-state index contributed by atoms with van der Waals surface area (Å²) >= 11 is 0. The summed E-state index contributed by atoms with van der Waals surface area (Å²) in [4.78, 5) is 0. The summed E-state index contributed by atoms with van der Waals surface area (Å²) in [5.41, 5.74) is 0. The lowest BCUT2D eigenvalue weighted by atomic mass is 10.2. The largest absolute Gasteiger partial charge is 0.501 e. The van der Waals surface area contributed by atoms with Crippen molar-refractivity contribution < 1.29 is 13.3 Å². The van der Waals surface area contributed by atoms with Crippen molar-refractivity contribution >= 4 is 8.80 Å². The molecule has 0 aromatic rings. The molecule has 92 valence electrons. The van der Waals surface area contributed by atoms with E-state index in [0.717, 1.165) is 12.5 Å². The highest BCUT2D eigenvalue weighted by atomic mass is 28.4. The number of hydrogen-bond donors (Lipinski definition) is 0. The summed E-state index contributed by atoms with van der Waals surface area (Å²) in [6.45, 7) is 12.4. The van der Waals surface area contributed by atoms with Crippen LogP contribution < -0.4 is 0 Å². The molecule has 0 bridgehead atoms. The maximum Gasteiger partial charge on any atom is 0.501 e. The summed E-state index contributed by atoms with van der Waals surface area (Å²) in [6.07, 6.45) is 1.14. The molecule has 0 heterocycles. The van der Waals surface area contributed by atoms with Crippen molar-refractivity contribution in [2.24, 2.45) is 5.92 Å². The van der Waals surface area contributed by atoms with Crippen LogP contribution in [0.3, 0.4) is 0 Å². The molecule has 0 aliphatic heterocycles. The molecule has 4 heteroatoms. The topological polar surface area (TPSA) is 27.7 Å². The van der Waals surface area contributed by atoms with Crippen LogP contribution in [0.25, 0.3) is 0 Å². The standard InChI is InChI=1S/C11H26O3Si/c1-6-11(5)10-15(12-7-2,13-8-3)14-9-4/h11H,6-10H2,1-5H3. The van der Waals surface area contributed by atoms with E-state index in [-0.39, 0.29) is 0 Å². The lowest BCUT2D eigenvalue weighted by Gasteiger charge is -2.30. The van der Waals surface area contributed by atoms with Gasteiger partial charge in [-0.15, -0.1) is 0 Å². The molecule has 3 nitrogen and oxygen atoms in total. The Morgan fingerprint density at radius 3 is 1.53 bits per heavy atom. The first-order valence-corrected chi connectivity index (χ1v) is 7.99. The van der Waals surface area contributed by atoms with Crippen LogP contribution in [0.1, 0.15) is 41.0 Å². The van der Waals surface area contributed by atoms with Gasteiger partial charge in [-0.05, 0) is 26.7 Å². The Hall–Kier alpha value is 0.0969. The van der Waals surface area contributed by atoms with Crippen LogP contribution in [0, 0.1) is 5.92 Å². The third-order valence-corrected chi connectivity index (χ3v) is 5.77. The van der Waals surface area contributed by atoms with Crippen LogP contribution in [0.4, 0.5) is 0 Å². The van der Waals surface area contributed by atoms with Crippen LogP contribution in [0.15, 0.2) is 0 Å². The normalized spacial score (nSPS) is 14.2. The fourth-order valence-electron chi connectivity index (χ4n) is 1.53. The smallest absolute Gasteiger partial charge is 0.374 e. The SMILES string of the molecule is CCO[Si](CC(C)CC)(OCC)OCC. The Bertz CT molecular complexity index is 136. The molecule has 0 aliphatic rings. The molecule has 1 unspecified atom stereocenters. The minimum Gasteiger partial charge on any atom is -0.374 e. The summed E-state index contributed by atoms with van der Waals surface area (Å²) in [5.74, 6) is 0.598. The predicted molar refractivity (Wildman–Crippen MR) is 64.9 cm³/mol. The van der Waals surface area contributed by atoms with Gasteiger partial charge in [-0.3, -0.25) is 0 Å². The van der Waals surface area contributed by atoms with Gasteiger partial charge in [-0.1, -0.05) is 20.3 Å². The zero-order valence-electron chi connectivity index (χ0n) is 10.8. The third kappa shape index (κ3) is 5.66. The van der Waals surface area contributed by atoms with Crippen molar-refractivity contribution in [3.63, 3.8) is 0 Å². The Kier molecular flexibility index (Phi) is 8.33. The zero-order chi connectivity index (χ0) is 11.7. The van der Waals surface area contributed by atoms with Gasteiger partial charge in [0.25, 0.3) is 0 Å². The number of hydrogen-bond acceptors (Lipinski definition) is 3. The van der Waals surface area contributed by atoms with Crippen molar-refractivity contribution in [1.29, 1.82) is 0 Å². The molecule has 0 rings (SSSR count). The first-order chi connectivity index (χ1) is 7.14. The van der Waals surface area contributed by atoms with Gasteiger partial charge < -0.3 is 13.3 Å². The van der Waals surface area contributed by atoms with Crippen LogP contribution in [0.5, 0.6) is 0 Å². The Morgan fingerprint density at radius 2 is 1.27 bits per heavy atom. The second-order valence-electron chi connectivity index (χ2n) is 3.70. The van der Waals surface area contributed by atoms with Crippen LogP contribution in [0.2, 0.25) is 6.04 Å². The highest BCUT2D eigenvalue weighted by Gasteiger charge is 2.41. The monoisotopic (exact) mass is 234 g/mol. The van der Waals surface area contributed by atoms with Crippen molar-refractivity contribution in [3.05, 3.63) is 0 Å². The molecule has 0 aromatic carbocycles. The van der Waals surface area contributed by atoms with Crippen molar-refractivity contribution in [3.8, 4) is 0 Å². The maximum atomic E-state index is 5.78. The minimum absolute atomic E-state index is 0.598. The second-order valence-corrected chi connectivity index (χ2v) is 6.34. The van der Waals surface area contributed by atoms with Gasteiger partial charge >= 0.3 is 8.80 Å². The number of rotatable bonds is 9. The minimum atomic E-state index is -2.38. The molecule has 0 spiro atoms. The first-order valence-electron chi connectivity index (χ1n) is 6.05. The maximum absolute atomic E-state index is 5.78. The van der Waals surface area contributed by atoms with E-state index in [1.807, 2.05) is 20.8 Å². The Balaban J connectivity index is 4.44. The summed E-state index contributed by atoms with van der Waals surface area (Å²) in [7, 11) is -2.38. The van der Waals surface area contributed by atoms with Crippen LogP contribution >= 0.6 is 0 Å². The Morgan fingerprint density at radius 1 is 0.867 bits per heavy atom. The molecule has 0 radical (unpaired) electrons. The molecule has 1 atom stereocenters. The fraction of sp³-hybridized carbons (Fsp3) is 1.00. The summed E-state index contributed by atoms with van der Waals surface area (Å²) < 4.78 is 17.3. The van der Waals surface area contributed by atoms with E-state index in [2.05, 4.69) is 13.8 Å². The van der Waals surface area contributed by atoms with Gasteiger partial charge in [0.1, 0.15) is 0 Å². The lowest BCUT2D eigenvalue weighted by Crippen LogP contribution is -2.47. The van der Waals surface area contributed by atoms with Gasteiger partial charge in [0.15, 0.2) is 0 Å². The van der Waals surface area contributed by atoms with Gasteiger partial charge in [-0.25, -0.2) is 0 Å². The molecule has 0 aliphatic carbocycles. The molecule has 0 fully saturated rings. The van der Waals surface area contributed by atoms with Crippen LogP contribution in [-0.2, 0) is 13.3 Å². The van der Waals surface area contributed by atoms with Gasteiger partial charge in [0.05, 0.1) is 0 Å². The highest BCUT2D eigenvalue weighted by molar-refractivity contribution is 6.60. The van der Waals surface area contributed by atoms with Crippen molar-refractivity contribution in [2.45, 2.75) is 47.1 Å². The molecular weight excluding hydrogens is 208 g/mol. The molecule has 0 saturated carbocycles. The van der Waals surface area contributed by atoms with Crippen molar-refractivity contribution in [2.75, 3.05) is 19.8 Å². The summed E-state index contributed by atoms with van der Waals surface area (Å²) in [6, 6.07) is 0.930. The molecular formula is C11H26O3Si. The molecule has 0 amide bonds. The Labute approximate surface area is 95.5 Å². The van der Waals surface area contributed by atoms with E-state index >= 15 is 0 Å². The molecule has 15 heavy (non-hydrogen) atoms. The molecule has 0 N–H and O–H groups in total. The summed E-state index contributed by atoms with van der Waals surface area (Å²) in [5, 5.41) is 0. The van der Waals surface area contributed by atoms with E-state index in [9.17, 15) is 0 Å². The van der Waals surface area contributed by atoms with Crippen LogP contribution in [-0.4, -0.2) is 28.6 Å². The fourth-order valence-corrected chi connectivity index (χ4v) is 4.60. The average Bonchev–Trinajstić information content (AvgIpc) is 2.18. The van der Waals surface area contributed by atoms with Gasteiger partial charge in [0, 0.05) is 25.9 Å². The van der Waals surface area contributed by atoms with E-state index in [4.69, 9.17) is 13.3 Å². The molecule has 0 aromatic heterocycles. The van der Waals surface area contributed by atoms with E-state index in [1.165, 1.54) is 0 Å². The average molecular weight is 234 g/mol. The molecule has 0 saturated heterocycles. The third-order valence-electron chi connectivity index (χ3n) is 2.39. The van der Waals surface area contributed by atoms with Crippen molar-refractivity contribution in [1.82, 2.24) is 0 Å². The zero-order valence-corrected chi connectivity index (χ0v) is 11.8. The predicted octanol–water partition coefficient (Wildman–Crippen LogP) is 3.08. The first kappa shape index (κ1) is 15.1. The van der Waals surface area contributed by atoms with E-state index < -0.39 is 8.80 Å². The lowest BCUT2D eigenvalue weighted by molar-refractivity contribution is 0.0675.